The SMILES string of the molecule is Cc1ccc(NC(=O)c2cnc(Nc3ccc(F)cc3)cn2)cc1Cl. The van der Waals surface area contributed by atoms with Crippen LogP contribution < -0.4 is 10.6 Å². The molecule has 1 aromatic heterocycles. The molecule has 0 aliphatic rings. The Morgan fingerprint density at radius 3 is 2.40 bits per heavy atom. The van der Waals surface area contributed by atoms with Crippen LogP contribution >= 0.6 is 11.6 Å². The van der Waals surface area contributed by atoms with Crippen molar-refractivity contribution < 1.29 is 9.18 Å². The Morgan fingerprint density at radius 2 is 1.76 bits per heavy atom. The van der Waals surface area contributed by atoms with Gasteiger partial charge in [0.25, 0.3) is 5.91 Å². The van der Waals surface area contributed by atoms with Crippen LogP contribution in [0.4, 0.5) is 21.6 Å². The minimum Gasteiger partial charge on any atom is -0.339 e. The quantitative estimate of drug-likeness (QED) is 0.718. The highest BCUT2D eigenvalue weighted by atomic mass is 35.5. The topological polar surface area (TPSA) is 66.9 Å². The number of nitrogens with one attached hydrogen (secondary N) is 2. The summed E-state index contributed by atoms with van der Waals surface area (Å²) in [7, 11) is 0. The van der Waals surface area contributed by atoms with Crippen LogP contribution in [0, 0.1) is 12.7 Å². The van der Waals surface area contributed by atoms with Crippen molar-refractivity contribution in [2.24, 2.45) is 0 Å². The molecule has 0 radical (unpaired) electrons. The van der Waals surface area contributed by atoms with E-state index in [9.17, 15) is 9.18 Å². The average molecular weight is 357 g/mol. The third kappa shape index (κ3) is 4.30. The van der Waals surface area contributed by atoms with Gasteiger partial charge in [0.15, 0.2) is 0 Å². The van der Waals surface area contributed by atoms with Gasteiger partial charge >= 0.3 is 0 Å². The van der Waals surface area contributed by atoms with Crippen LogP contribution in [-0.4, -0.2) is 15.9 Å². The van der Waals surface area contributed by atoms with E-state index >= 15 is 0 Å². The monoisotopic (exact) mass is 356 g/mol. The molecular formula is C18H14ClFN4O. The van der Waals surface area contributed by atoms with Crippen molar-refractivity contribution in [3.63, 3.8) is 0 Å². The number of aryl methyl sites for hydroxylation is 1. The maximum absolute atomic E-state index is 12.9. The van der Waals surface area contributed by atoms with E-state index in [1.807, 2.05) is 13.0 Å². The van der Waals surface area contributed by atoms with E-state index in [-0.39, 0.29) is 17.4 Å². The van der Waals surface area contributed by atoms with E-state index in [1.54, 1.807) is 24.3 Å². The van der Waals surface area contributed by atoms with E-state index in [2.05, 4.69) is 20.6 Å². The van der Waals surface area contributed by atoms with E-state index in [1.165, 1.54) is 24.5 Å². The van der Waals surface area contributed by atoms with Crippen LogP contribution in [0.3, 0.4) is 0 Å². The van der Waals surface area contributed by atoms with E-state index in [0.717, 1.165) is 5.56 Å². The number of benzene rings is 2. The fourth-order valence-electron chi connectivity index (χ4n) is 2.06. The van der Waals surface area contributed by atoms with Crippen molar-refractivity contribution in [1.82, 2.24) is 9.97 Å². The first-order valence-electron chi connectivity index (χ1n) is 7.43. The Morgan fingerprint density at radius 1 is 1.04 bits per heavy atom. The van der Waals surface area contributed by atoms with Crippen molar-refractivity contribution in [3.05, 3.63) is 77.0 Å². The van der Waals surface area contributed by atoms with Gasteiger partial charge in [0.1, 0.15) is 17.3 Å². The fourth-order valence-corrected chi connectivity index (χ4v) is 2.24. The largest absolute Gasteiger partial charge is 0.339 e. The number of nitrogens with zero attached hydrogens (tertiary/aromatic N) is 2. The minimum atomic E-state index is -0.388. The first-order chi connectivity index (χ1) is 12.0. The average Bonchev–Trinajstić information content (AvgIpc) is 2.61. The van der Waals surface area contributed by atoms with Crippen LogP contribution in [0.2, 0.25) is 5.02 Å². The molecule has 0 saturated carbocycles. The smallest absolute Gasteiger partial charge is 0.275 e. The van der Waals surface area contributed by atoms with Gasteiger partial charge in [-0.2, -0.15) is 0 Å². The van der Waals surface area contributed by atoms with Gasteiger partial charge in [-0.3, -0.25) is 4.79 Å². The summed E-state index contributed by atoms with van der Waals surface area (Å²) in [6.07, 6.45) is 2.79. The Hall–Kier alpha value is -2.99. The normalized spacial score (nSPS) is 10.4. The molecule has 0 aliphatic heterocycles. The maximum Gasteiger partial charge on any atom is 0.275 e. The predicted octanol–water partition coefficient (Wildman–Crippen LogP) is 4.57. The summed E-state index contributed by atoms with van der Waals surface area (Å²) in [5.74, 6) is -0.262. The minimum absolute atomic E-state index is 0.168. The van der Waals surface area contributed by atoms with Crippen LogP contribution in [0.25, 0.3) is 0 Å². The zero-order chi connectivity index (χ0) is 17.8. The molecule has 3 rings (SSSR count). The van der Waals surface area contributed by atoms with Crippen LogP contribution in [-0.2, 0) is 0 Å². The number of carbonyl (C=O) groups is 1. The number of aromatic nitrogens is 2. The summed E-state index contributed by atoms with van der Waals surface area (Å²) in [6, 6.07) is 11.1. The molecule has 126 valence electrons. The zero-order valence-corrected chi connectivity index (χ0v) is 14.0. The Bertz CT molecular complexity index is 898. The van der Waals surface area contributed by atoms with Gasteiger partial charge in [-0.05, 0) is 48.9 Å². The second-order valence-electron chi connectivity index (χ2n) is 5.34. The number of hydrogen-bond donors (Lipinski definition) is 2. The van der Waals surface area contributed by atoms with Crippen molar-refractivity contribution >= 4 is 34.7 Å². The summed E-state index contributed by atoms with van der Waals surface area (Å²) >= 11 is 6.04. The van der Waals surface area contributed by atoms with E-state index in [4.69, 9.17) is 11.6 Å². The lowest BCUT2D eigenvalue weighted by atomic mass is 10.2. The highest BCUT2D eigenvalue weighted by Gasteiger charge is 2.09. The van der Waals surface area contributed by atoms with E-state index < -0.39 is 0 Å². The first-order valence-corrected chi connectivity index (χ1v) is 7.81. The van der Waals surface area contributed by atoms with Crippen molar-refractivity contribution in [3.8, 4) is 0 Å². The van der Waals surface area contributed by atoms with Gasteiger partial charge < -0.3 is 10.6 Å². The molecule has 0 aliphatic carbocycles. The molecule has 0 fully saturated rings. The standard InChI is InChI=1S/C18H14ClFN4O/c1-11-2-5-14(8-15(11)19)24-18(25)16-9-22-17(10-21-16)23-13-6-3-12(20)4-7-13/h2-10H,1H3,(H,22,23)(H,24,25). The van der Waals surface area contributed by atoms with Crippen LogP contribution in [0.1, 0.15) is 16.1 Å². The third-order valence-corrected chi connectivity index (χ3v) is 3.84. The van der Waals surface area contributed by atoms with Crippen molar-refractivity contribution in [1.29, 1.82) is 0 Å². The number of carbonyl (C=O) groups excluding carboxylic acids is 1. The Balaban J connectivity index is 1.67. The molecule has 25 heavy (non-hydrogen) atoms. The number of rotatable bonds is 4. The summed E-state index contributed by atoms with van der Waals surface area (Å²) in [6.45, 7) is 1.88. The molecule has 5 nitrogen and oxygen atoms in total. The Kier molecular flexibility index (Phi) is 4.90. The second-order valence-corrected chi connectivity index (χ2v) is 5.74. The number of hydrogen-bond acceptors (Lipinski definition) is 4. The van der Waals surface area contributed by atoms with Crippen LogP contribution in [0.15, 0.2) is 54.9 Å². The Labute approximate surface area is 148 Å². The van der Waals surface area contributed by atoms with Gasteiger partial charge in [0.2, 0.25) is 0 Å². The molecule has 0 saturated heterocycles. The molecule has 3 aromatic rings. The van der Waals surface area contributed by atoms with Gasteiger partial charge in [0, 0.05) is 16.4 Å². The molecule has 7 heteroatoms. The highest BCUT2D eigenvalue weighted by molar-refractivity contribution is 6.31. The van der Waals surface area contributed by atoms with Crippen molar-refractivity contribution in [2.75, 3.05) is 10.6 Å². The summed E-state index contributed by atoms with van der Waals surface area (Å²) in [5, 5.41) is 6.26. The molecule has 0 bridgehead atoms. The van der Waals surface area contributed by atoms with E-state index in [0.29, 0.717) is 22.2 Å². The van der Waals surface area contributed by atoms with Gasteiger partial charge in [-0.15, -0.1) is 0 Å². The highest BCUT2D eigenvalue weighted by Crippen LogP contribution is 2.20. The number of halogens is 2. The lowest BCUT2D eigenvalue weighted by Crippen LogP contribution is -2.14. The molecule has 0 spiro atoms. The number of anilines is 3. The molecule has 0 atom stereocenters. The van der Waals surface area contributed by atoms with Crippen LogP contribution in [0.5, 0.6) is 0 Å². The summed E-state index contributed by atoms with van der Waals surface area (Å²) < 4.78 is 12.9. The zero-order valence-electron chi connectivity index (χ0n) is 13.3. The molecule has 0 unspecified atom stereocenters. The lowest BCUT2D eigenvalue weighted by molar-refractivity contribution is 0.102. The maximum atomic E-state index is 12.9. The lowest BCUT2D eigenvalue weighted by Gasteiger charge is -2.08. The summed E-state index contributed by atoms with van der Waals surface area (Å²) in [5.41, 5.74) is 2.34. The van der Waals surface area contributed by atoms with Gasteiger partial charge in [-0.25, -0.2) is 14.4 Å². The predicted molar refractivity (Wildman–Crippen MR) is 95.9 cm³/mol. The molecule has 1 amide bonds. The molecule has 1 heterocycles. The van der Waals surface area contributed by atoms with Gasteiger partial charge in [0.05, 0.1) is 12.4 Å². The molecule has 2 aromatic carbocycles. The van der Waals surface area contributed by atoms with Gasteiger partial charge in [-0.1, -0.05) is 17.7 Å². The van der Waals surface area contributed by atoms with Crippen molar-refractivity contribution in [2.45, 2.75) is 6.92 Å². The molecular weight excluding hydrogens is 343 g/mol. The second kappa shape index (κ2) is 7.27. The first kappa shape index (κ1) is 16.9. The number of amides is 1. The fraction of sp³-hybridized carbons (Fsp3) is 0.0556. The third-order valence-electron chi connectivity index (χ3n) is 3.43. The molecule has 2 N–H and O–H groups in total. The summed E-state index contributed by atoms with van der Waals surface area (Å²) in [4.78, 5) is 20.4.